The molecular formula is C28H23F2N3O2. The normalized spacial score (nSPS) is 16.9. The predicted octanol–water partition coefficient (Wildman–Crippen LogP) is 5.18. The second kappa shape index (κ2) is 9.25. The largest absolute Gasteiger partial charge is 0.350 e. The summed E-state index contributed by atoms with van der Waals surface area (Å²) in [7, 11) is 0. The van der Waals surface area contributed by atoms with Gasteiger partial charge in [-0.2, -0.15) is 0 Å². The Kier molecular flexibility index (Phi) is 5.99. The van der Waals surface area contributed by atoms with E-state index < -0.39 is 36.7 Å². The molecule has 2 amide bonds. The summed E-state index contributed by atoms with van der Waals surface area (Å²) in [5, 5.41) is 3.55. The van der Waals surface area contributed by atoms with Crippen LogP contribution in [0.3, 0.4) is 0 Å². The molecule has 1 fully saturated rings. The van der Waals surface area contributed by atoms with Crippen molar-refractivity contribution in [2.24, 2.45) is 0 Å². The topological polar surface area (TPSA) is 62.3 Å². The molecule has 1 unspecified atom stereocenters. The van der Waals surface area contributed by atoms with Crippen LogP contribution in [0.25, 0.3) is 22.0 Å². The van der Waals surface area contributed by atoms with Gasteiger partial charge < -0.3 is 10.2 Å². The third-order valence-electron chi connectivity index (χ3n) is 6.26. The van der Waals surface area contributed by atoms with Crippen LogP contribution in [0.15, 0.2) is 91.1 Å². The molecule has 3 aromatic carbocycles. The van der Waals surface area contributed by atoms with Crippen molar-refractivity contribution in [2.45, 2.75) is 18.4 Å². The van der Waals surface area contributed by atoms with E-state index in [1.54, 1.807) is 42.6 Å². The maximum atomic E-state index is 14.5. The minimum atomic E-state index is -3.03. The van der Waals surface area contributed by atoms with E-state index >= 15 is 0 Å². The molecule has 0 spiro atoms. The van der Waals surface area contributed by atoms with Gasteiger partial charge in [-0.25, -0.2) is 8.78 Å². The van der Waals surface area contributed by atoms with E-state index in [1.807, 2.05) is 48.5 Å². The number of hydrogen-bond donors (Lipinski definition) is 1. The number of likely N-dealkylation sites (tertiary alicyclic amines) is 1. The lowest BCUT2D eigenvalue weighted by molar-refractivity contribution is 0.0118. The average Bonchev–Trinajstić information content (AvgIpc) is 3.21. The first-order valence-corrected chi connectivity index (χ1v) is 11.4. The van der Waals surface area contributed by atoms with Crippen molar-refractivity contribution in [3.63, 3.8) is 0 Å². The smallest absolute Gasteiger partial charge is 0.267 e. The highest BCUT2D eigenvalue weighted by Crippen LogP contribution is 2.34. The number of para-hydroxylation sites is 1. The molecule has 1 aliphatic heterocycles. The maximum Gasteiger partial charge on any atom is 0.267 e. The molecule has 5 rings (SSSR count). The van der Waals surface area contributed by atoms with Crippen molar-refractivity contribution < 1.29 is 18.4 Å². The summed E-state index contributed by atoms with van der Waals surface area (Å²) in [5.74, 6) is -3.93. The molecule has 1 aliphatic rings. The number of benzene rings is 3. The number of carbonyl (C=O) groups excluding carboxylic acids is 2. The van der Waals surface area contributed by atoms with Gasteiger partial charge in [-0.05, 0) is 29.3 Å². The summed E-state index contributed by atoms with van der Waals surface area (Å²) >= 11 is 0. The van der Waals surface area contributed by atoms with Gasteiger partial charge in [-0.15, -0.1) is 0 Å². The van der Waals surface area contributed by atoms with E-state index in [0.29, 0.717) is 22.2 Å². The van der Waals surface area contributed by atoms with Crippen LogP contribution in [0.2, 0.25) is 0 Å². The number of hydrogen-bond acceptors (Lipinski definition) is 3. The Balaban J connectivity index is 1.38. The quantitative estimate of drug-likeness (QED) is 0.436. The Morgan fingerprint density at radius 1 is 0.914 bits per heavy atom. The lowest BCUT2D eigenvalue weighted by atomic mass is 9.98. The maximum absolute atomic E-state index is 14.5. The lowest BCUT2D eigenvalue weighted by Crippen LogP contribution is -2.43. The summed E-state index contributed by atoms with van der Waals surface area (Å²) in [4.78, 5) is 31.9. The highest BCUT2D eigenvalue weighted by Gasteiger charge is 2.47. The van der Waals surface area contributed by atoms with Gasteiger partial charge in [-0.1, -0.05) is 66.7 Å². The third-order valence-corrected chi connectivity index (χ3v) is 6.26. The fourth-order valence-corrected chi connectivity index (χ4v) is 4.60. The number of fused-ring (bicyclic) bond motifs is 1. The Labute approximate surface area is 201 Å². The van der Waals surface area contributed by atoms with Crippen LogP contribution < -0.4 is 5.32 Å². The van der Waals surface area contributed by atoms with E-state index in [-0.39, 0.29) is 6.54 Å². The van der Waals surface area contributed by atoms with Crippen LogP contribution in [0.1, 0.15) is 27.1 Å². The summed E-state index contributed by atoms with van der Waals surface area (Å²) in [5.41, 5.74) is 2.76. The number of halogens is 2. The third kappa shape index (κ3) is 4.62. The minimum absolute atomic E-state index is 0.0864. The van der Waals surface area contributed by atoms with Crippen LogP contribution in [0.4, 0.5) is 8.78 Å². The van der Waals surface area contributed by atoms with Gasteiger partial charge in [-0.3, -0.25) is 14.6 Å². The molecule has 1 aromatic heterocycles. The fourth-order valence-electron chi connectivity index (χ4n) is 4.60. The van der Waals surface area contributed by atoms with Crippen molar-refractivity contribution in [2.75, 3.05) is 13.1 Å². The van der Waals surface area contributed by atoms with Crippen LogP contribution in [0.5, 0.6) is 0 Å². The van der Waals surface area contributed by atoms with Crippen molar-refractivity contribution in [1.82, 2.24) is 15.2 Å². The molecule has 1 N–H and O–H groups in total. The van der Waals surface area contributed by atoms with Gasteiger partial charge in [0.15, 0.2) is 0 Å². The highest BCUT2D eigenvalue weighted by molar-refractivity contribution is 6.05. The zero-order chi connectivity index (χ0) is 24.4. The Morgan fingerprint density at radius 3 is 2.46 bits per heavy atom. The lowest BCUT2D eigenvalue weighted by Gasteiger charge is -2.25. The van der Waals surface area contributed by atoms with Crippen LogP contribution in [-0.2, 0) is 0 Å². The number of nitrogens with one attached hydrogen (secondary N) is 1. The van der Waals surface area contributed by atoms with Gasteiger partial charge in [0.25, 0.3) is 17.7 Å². The Morgan fingerprint density at radius 2 is 1.63 bits per heavy atom. The molecule has 0 saturated carbocycles. The summed E-state index contributed by atoms with van der Waals surface area (Å²) in [6, 6.07) is 24.4. The van der Waals surface area contributed by atoms with Gasteiger partial charge in [0.05, 0.1) is 23.7 Å². The monoisotopic (exact) mass is 471 g/mol. The van der Waals surface area contributed by atoms with Crippen molar-refractivity contribution >= 4 is 22.7 Å². The van der Waals surface area contributed by atoms with Gasteiger partial charge in [0, 0.05) is 30.1 Å². The zero-order valence-corrected chi connectivity index (χ0v) is 18.8. The fraction of sp³-hybridized carbons (Fsp3) is 0.179. The average molecular weight is 472 g/mol. The molecule has 0 aliphatic carbocycles. The standard InChI is InChI=1S/C28H23F2N3O2/c29-28(30)16-21(17-32-26(34)24-14-6-10-20-11-7-15-31-25(20)24)33(18-28)27(35)23-13-5-4-12-22(23)19-8-2-1-3-9-19/h1-15,21H,16-18H2,(H,32,34). The zero-order valence-electron chi connectivity index (χ0n) is 18.8. The number of alkyl halides is 2. The molecule has 2 heterocycles. The number of pyridine rings is 1. The number of carbonyl (C=O) groups is 2. The molecule has 5 nitrogen and oxygen atoms in total. The summed E-state index contributed by atoms with van der Waals surface area (Å²) in [6.45, 7) is -0.776. The van der Waals surface area contributed by atoms with Crippen LogP contribution >= 0.6 is 0 Å². The van der Waals surface area contributed by atoms with Crippen LogP contribution in [-0.4, -0.2) is 46.8 Å². The second-order valence-corrected chi connectivity index (χ2v) is 8.65. The SMILES string of the molecule is O=C(NCC1CC(F)(F)CN1C(=O)c1ccccc1-c1ccccc1)c1cccc2cccnc12. The number of nitrogens with zero attached hydrogens (tertiary/aromatic N) is 2. The molecule has 0 radical (unpaired) electrons. The van der Waals surface area contributed by atoms with E-state index in [2.05, 4.69) is 10.3 Å². The van der Waals surface area contributed by atoms with E-state index in [1.165, 1.54) is 4.90 Å². The first-order chi connectivity index (χ1) is 16.9. The molecule has 0 bridgehead atoms. The number of amides is 2. The highest BCUT2D eigenvalue weighted by atomic mass is 19.3. The minimum Gasteiger partial charge on any atom is -0.350 e. The number of aromatic nitrogens is 1. The first-order valence-electron chi connectivity index (χ1n) is 11.4. The van der Waals surface area contributed by atoms with Gasteiger partial charge in [0.2, 0.25) is 0 Å². The summed E-state index contributed by atoms with van der Waals surface area (Å²) in [6.07, 6.45) is 1.08. The molecular weight excluding hydrogens is 448 g/mol. The van der Waals surface area contributed by atoms with E-state index in [9.17, 15) is 18.4 Å². The molecule has 7 heteroatoms. The van der Waals surface area contributed by atoms with Crippen molar-refractivity contribution in [1.29, 1.82) is 0 Å². The Bertz CT molecular complexity index is 1390. The second-order valence-electron chi connectivity index (χ2n) is 8.65. The van der Waals surface area contributed by atoms with Crippen LogP contribution in [0, 0.1) is 0 Å². The molecule has 1 atom stereocenters. The van der Waals surface area contributed by atoms with E-state index in [4.69, 9.17) is 0 Å². The summed E-state index contributed by atoms with van der Waals surface area (Å²) < 4.78 is 29.0. The van der Waals surface area contributed by atoms with Crippen molar-refractivity contribution in [3.8, 4) is 11.1 Å². The molecule has 35 heavy (non-hydrogen) atoms. The first kappa shape index (κ1) is 22.7. The predicted molar refractivity (Wildman–Crippen MR) is 130 cm³/mol. The van der Waals surface area contributed by atoms with Gasteiger partial charge >= 0.3 is 0 Å². The molecule has 4 aromatic rings. The molecule has 176 valence electrons. The number of rotatable bonds is 5. The van der Waals surface area contributed by atoms with Gasteiger partial charge in [0.1, 0.15) is 0 Å². The molecule has 1 saturated heterocycles. The Hall–Kier alpha value is -4.13. The van der Waals surface area contributed by atoms with E-state index in [0.717, 1.165) is 10.9 Å². The van der Waals surface area contributed by atoms with Crippen molar-refractivity contribution in [3.05, 3.63) is 102 Å².